The van der Waals surface area contributed by atoms with Crippen LogP contribution in [0, 0.1) is 46.3 Å². The third kappa shape index (κ3) is 12.6. The van der Waals surface area contributed by atoms with Crippen molar-refractivity contribution in [2.45, 2.75) is 207 Å². The largest absolute Gasteiger partial charge is 0.378 e. The molecule has 6 nitrogen and oxygen atoms in total. The molecule has 0 aliphatic heterocycles. The van der Waals surface area contributed by atoms with Crippen LogP contribution in [0.15, 0.2) is 0 Å². The van der Waals surface area contributed by atoms with E-state index in [2.05, 4.69) is 39.9 Å². The van der Waals surface area contributed by atoms with E-state index in [-0.39, 0.29) is 5.41 Å². The fraction of sp³-hybridized carbons (Fsp3) is 1.00. The summed E-state index contributed by atoms with van der Waals surface area (Å²) in [5, 5.41) is 3.82. The second kappa shape index (κ2) is 24.5. The lowest BCUT2D eigenvalue weighted by atomic mass is 9.43. The zero-order valence-corrected chi connectivity index (χ0v) is 36.0. The Labute approximate surface area is 329 Å². The van der Waals surface area contributed by atoms with Crippen molar-refractivity contribution in [3.05, 3.63) is 0 Å². The van der Waals surface area contributed by atoms with Gasteiger partial charge in [0.25, 0.3) is 0 Å². The predicted octanol–water partition coefficient (Wildman–Crippen LogP) is 10.8. The summed E-state index contributed by atoms with van der Waals surface area (Å²) in [7, 11) is 0. The summed E-state index contributed by atoms with van der Waals surface area (Å²) in [6.45, 7) is 18.8. The average molecular weight is 746 g/mol. The van der Waals surface area contributed by atoms with Crippen LogP contribution in [0.25, 0.3) is 0 Å². The quantitative estimate of drug-likeness (QED) is 0.0660. The van der Waals surface area contributed by atoms with Gasteiger partial charge in [-0.25, -0.2) is 0 Å². The lowest BCUT2D eigenvalue weighted by Crippen LogP contribution is -2.63. The van der Waals surface area contributed by atoms with Crippen LogP contribution in [0.2, 0.25) is 0 Å². The Morgan fingerprint density at radius 1 is 0.642 bits per heavy atom. The smallest absolute Gasteiger partial charge is 0.0637 e. The Morgan fingerprint density at radius 2 is 1.26 bits per heavy atom. The predicted molar refractivity (Wildman–Crippen MR) is 225 cm³/mol. The van der Waals surface area contributed by atoms with E-state index in [0.717, 1.165) is 44.5 Å². The van der Waals surface area contributed by atoms with Crippen LogP contribution in [0.3, 0.4) is 0 Å². The average Bonchev–Trinajstić information content (AvgIpc) is 3.52. The molecule has 0 heterocycles. The van der Waals surface area contributed by atoms with E-state index in [0.29, 0.717) is 60.5 Å². The Hall–Kier alpha value is -0.240. The van der Waals surface area contributed by atoms with Crippen LogP contribution in [-0.4, -0.2) is 64.3 Å². The lowest BCUT2D eigenvalue weighted by Gasteiger charge is -2.65. The van der Waals surface area contributed by atoms with Crippen molar-refractivity contribution in [2.24, 2.45) is 57.8 Å². The van der Waals surface area contributed by atoms with Crippen molar-refractivity contribution in [1.29, 1.82) is 0 Å². The van der Waals surface area contributed by atoms with Crippen LogP contribution in [0.4, 0.5) is 0 Å². The molecule has 4 aliphatic rings. The van der Waals surface area contributed by atoms with Gasteiger partial charge in [-0.05, 0) is 151 Å². The van der Waals surface area contributed by atoms with Crippen molar-refractivity contribution >= 4 is 0 Å². The summed E-state index contributed by atoms with van der Waals surface area (Å²) in [6, 6.07) is 0. The van der Waals surface area contributed by atoms with Gasteiger partial charge in [0.15, 0.2) is 0 Å². The molecule has 0 bridgehead atoms. The molecule has 11 atom stereocenters. The molecule has 4 rings (SSSR count). The minimum absolute atomic E-state index is 0.205. The van der Waals surface area contributed by atoms with Gasteiger partial charge in [0.05, 0.1) is 18.3 Å². The second-order valence-corrected chi connectivity index (χ2v) is 19.1. The number of unbranched alkanes of at least 4 members (excludes halogenated alkanes) is 11. The van der Waals surface area contributed by atoms with E-state index in [1.54, 1.807) is 0 Å². The topological polar surface area (TPSA) is 91.8 Å². The molecule has 0 radical (unpaired) electrons. The van der Waals surface area contributed by atoms with E-state index in [9.17, 15) is 0 Å². The molecule has 0 unspecified atom stereocenters. The summed E-state index contributed by atoms with van der Waals surface area (Å²) in [6.07, 6.45) is 32.3. The van der Waals surface area contributed by atoms with E-state index in [1.165, 1.54) is 154 Å². The summed E-state index contributed by atoms with van der Waals surface area (Å²) in [5.74, 6) is 4.09. The molecule has 312 valence electrons. The highest BCUT2D eigenvalue weighted by molar-refractivity contribution is 5.15. The molecular weight excluding hydrogens is 655 g/mol. The first-order valence-corrected chi connectivity index (χ1v) is 23.8. The molecule has 53 heavy (non-hydrogen) atoms. The van der Waals surface area contributed by atoms with E-state index in [4.69, 9.17) is 25.7 Å². The Balaban J connectivity index is 1.33. The number of ether oxygens (including phenoxy) is 3. The Kier molecular flexibility index (Phi) is 21.0. The molecule has 0 spiro atoms. The summed E-state index contributed by atoms with van der Waals surface area (Å²) in [4.78, 5) is 0. The van der Waals surface area contributed by atoms with Crippen LogP contribution >= 0.6 is 0 Å². The normalized spacial score (nSPS) is 34.5. The number of hydrogen-bond acceptors (Lipinski definition) is 6. The zero-order valence-electron chi connectivity index (χ0n) is 36.0. The summed E-state index contributed by atoms with van der Waals surface area (Å²) in [5.41, 5.74) is 12.4. The first kappa shape index (κ1) is 45.5. The number of fused-ring (bicyclic) bond motifs is 5. The van der Waals surface area contributed by atoms with Gasteiger partial charge in [-0.3, -0.25) is 0 Å². The molecule has 4 aliphatic carbocycles. The number of nitrogens with two attached hydrogens (primary N) is 2. The van der Waals surface area contributed by atoms with Crippen molar-refractivity contribution in [2.75, 3.05) is 46.0 Å². The van der Waals surface area contributed by atoms with Crippen LogP contribution in [-0.2, 0) is 14.2 Å². The summed E-state index contributed by atoms with van der Waals surface area (Å²) < 4.78 is 20.5. The van der Waals surface area contributed by atoms with Crippen LogP contribution in [0.5, 0.6) is 0 Å². The van der Waals surface area contributed by atoms with E-state index < -0.39 is 0 Å². The van der Waals surface area contributed by atoms with Gasteiger partial charge >= 0.3 is 0 Å². The Bertz CT molecular complexity index is 952. The van der Waals surface area contributed by atoms with Crippen molar-refractivity contribution in [1.82, 2.24) is 5.32 Å². The molecule has 0 saturated heterocycles. The standard InChI is InChI=1S/C47H91N3O3/c1-6-8-10-11-12-13-14-15-16-17-18-29-50-30-19-22-37(3)40-23-24-41-45-42(36-44(47(40,41)5)53-33-21-28-49)46(4)26-25-39(51-32-20-27-48)34-38(46)35-43(45)52-31-9-7-2/h37-45,50H,6-36,48-49H2,1-5H3/t37-,38+,39-,40-,41+,42+,43-,44+,45+,46+,47-/m1/s1. The number of nitrogens with one attached hydrogen (secondary N) is 1. The minimum Gasteiger partial charge on any atom is -0.378 e. The maximum absolute atomic E-state index is 7.08. The van der Waals surface area contributed by atoms with E-state index >= 15 is 0 Å². The highest BCUT2D eigenvalue weighted by atomic mass is 16.5. The fourth-order valence-electron chi connectivity index (χ4n) is 12.4. The lowest BCUT2D eigenvalue weighted by molar-refractivity contribution is -0.227. The molecule has 4 saturated carbocycles. The van der Waals surface area contributed by atoms with Crippen molar-refractivity contribution in [3.63, 3.8) is 0 Å². The second-order valence-electron chi connectivity index (χ2n) is 19.1. The highest BCUT2D eigenvalue weighted by Crippen LogP contribution is 2.69. The Morgan fingerprint density at radius 3 is 1.94 bits per heavy atom. The number of rotatable bonds is 29. The van der Waals surface area contributed by atoms with Crippen LogP contribution in [0.1, 0.15) is 189 Å². The highest BCUT2D eigenvalue weighted by Gasteiger charge is 2.66. The van der Waals surface area contributed by atoms with Gasteiger partial charge in [0.1, 0.15) is 0 Å². The molecule has 0 aromatic carbocycles. The van der Waals surface area contributed by atoms with Crippen molar-refractivity contribution < 1.29 is 14.2 Å². The molecule has 4 fully saturated rings. The first-order valence-electron chi connectivity index (χ1n) is 23.8. The zero-order chi connectivity index (χ0) is 37.9. The molecule has 0 aromatic heterocycles. The minimum atomic E-state index is 0.205. The summed E-state index contributed by atoms with van der Waals surface area (Å²) >= 11 is 0. The van der Waals surface area contributed by atoms with Gasteiger partial charge in [0, 0.05) is 25.2 Å². The maximum Gasteiger partial charge on any atom is 0.0637 e. The number of hydrogen-bond donors (Lipinski definition) is 3. The van der Waals surface area contributed by atoms with Gasteiger partial charge in [0.2, 0.25) is 0 Å². The monoisotopic (exact) mass is 746 g/mol. The molecule has 0 amide bonds. The molecular formula is C47H91N3O3. The van der Waals surface area contributed by atoms with E-state index in [1.807, 2.05) is 0 Å². The van der Waals surface area contributed by atoms with Crippen LogP contribution < -0.4 is 16.8 Å². The maximum atomic E-state index is 7.08. The SMILES string of the molecule is CCCCCCCCCCCCCNCCC[C@@H](C)[C@H]1CC[C@H]2[C@@H]3[C@H](OCCCC)C[C@@H]4C[C@H](OCCCN)CC[C@]4(C)[C@H]3C[C@H](OCCCN)[C@]12C. The van der Waals surface area contributed by atoms with Gasteiger partial charge in [-0.2, -0.15) is 0 Å². The van der Waals surface area contributed by atoms with Gasteiger partial charge < -0.3 is 31.0 Å². The molecule has 5 N–H and O–H groups in total. The third-order valence-electron chi connectivity index (χ3n) is 15.6. The van der Waals surface area contributed by atoms with Crippen molar-refractivity contribution in [3.8, 4) is 0 Å². The molecule has 6 heteroatoms. The van der Waals surface area contributed by atoms with Gasteiger partial charge in [-0.15, -0.1) is 0 Å². The third-order valence-corrected chi connectivity index (χ3v) is 15.6. The molecule has 0 aromatic rings. The fourth-order valence-corrected chi connectivity index (χ4v) is 12.4. The van der Waals surface area contributed by atoms with Gasteiger partial charge in [-0.1, -0.05) is 105 Å². The first-order chi connectivity index (χ1) is 25.8.